The van der Waals surface area contributed by atoms with E-state index < -0.39 is 0 Å². The van der Waals surface area contributed by atoms with Gasteiger partial charge in [0.25, 0.3) is 0 Å². The zero-order valence-corrected chi connectivity index (χ0v) is 20.6. The smallest absolute Gasteiger partial charge is 0.227 e. The number of H-pyrrole nitrogens is 1. The Balaban J connectivity index is 1.31. The van der Waals surface area contributed by atoms with Gasteiger partial charge in [-0.1, -0.05) is 23.8 Å². The van der Waals surface area contributed by atoms with Crippen LogP contribution in [0.4, 0.5) is 11.4 Å². The standard InChI is InChI=1S/C26H29ClN6O2/c1-32(2)26(34)20-16-3-4-17(13-16)21(20)29-22-19(27)14-28-25-23(22)30-24(31-25)15-5-7-18(8-6-15)33-9-11-35-12-10-33/h3-8,14,16-17,20-21H,9-13H2,1-2H3,(H2,28,29,30,31)/t16-,17-,20+,21-/m1/s1. The number of allylic oxidation sites excluding steroid dienone is 1. The second-order valence-corrected chi connectivity index (χ2v) is 10.2. The molecule has 2 N–H and O–H groups in total. The number of pyridine rings is 1. The number of nitrogens with zero attached hydrogens (tertiary/aromatic N) is 4. The van der Waals surface area contributed by atoms with Gasteiger partial charge < -0.3 is 24.8 Å². The number of morpholine rings is 1. The molecule has 2 fully saturated rings. The maximum Gasteiger partial charge on any atom is 0.227 e. The number of imidazole rings is 1. The van der Waals surface area contributed by atoms with Crippen LogP contribution in [-0.4, -0.2) is 72.2 Å². The highest BCUT2D eigenvalue weighted by Crippen LogP contribution is 2.46. The van der Waals surface area contributed by atoms with Crippen LogP contribution in [0.5, 0.6) is 0 Å². The van der Waals surface area contributed by atoms with Gasteiger partial charge in [-0.15, -0.1) is 0 Å². The van der Waals surface area contributed by atoms with Gasteiger partial charge in [-0.2, -0.15) is 0 Å². The largest absolute Gasteiger partial charge is 0.378 e. The predicted molar refractivity (Wildman–Crippen MR) is 138 cm³/mol. The Bertz CT molecular complexity index is 1280. The van der Waals surface area contributed by atoms with E-state index in [0.717, 1.165) is 55.3 Å². The van der Waals surface area contributed by atoms with Gasteiger partial charge in [0.2, 0.25) is 5.91 Å². The first-order valence-corrected chi connectivity index (χ1v) is 12.5. The number of ether oxygens (including phenoxy) is 1. The van der Waals surface area contributed by atoms with Gasteiger partial charge in [0.05, 0.1) is 36.0 Å². The molecule has 8 nitrogen and oxygen atoms in total. The van der Waals surface area contributed by atoms with Crippen molar-refractivity contribution < 1.29 is 9.53 Å². The van der Waals surface area contributed by atoms with Crippen LogP contribution in [0.15, 0.2) is 42.6 Å². The number of aromatic nitrogens is 3. The van der Waals surface area contributed by atoms with Crippen LogP contribution in [0.3, 0.4) is 0 Å². The molecule has 0 unspecified atom stereocenters. The number of hydrogen-bond acceptors (Lipinski definition) is 6. The van der Waals surface area contributed by atoms with Gasteiger partial charge in [-0.25, -0.2) is 9.97 Å². The highest BCUT2D eigenvalue weighted by atomic mass is 35.5. The molecule has 1 aromatic carbocycles. The van der Waals surface area contributed by atoms with Crippen LogP contribution in [-0.2, 0) is 9.53 Å². The first-order valence-electron chi connectivity index (χ1n) is 12.1. The summed E-state index contributed by atoms with van der Waals surface area (Å²) in [4.78, 5) is 29.6. The van der Waals surface area contributed by atoms with Crippen molar-refractivity contribution in [2.45, 2.75) is 12.5 Å². The molecule has 35 heavy (non-hydrogen) atoms. The van der Waals surface area contributed by atoms with Crippen molar-refractivity contribution in [2.24, 2.45) is 17.8 Å². The van der Waals surface area contributed by atoms with Crippen molar-refractivity contribution in [1.82, 2.24) is 19.9 Å². The fraction of sp³-hybridized carbons (Fsp3) is 0.423. The predicted octanol–water partition coefficient (Wildman–Crippen LogP) is 3.81. The molecule has 3 aliphatic rings. The fourth-order valence-corrected chi connectivity index (χ4v) is 5.88. The summed E-state index contributed by atoms with van der Waals surface area (Å²) in [6.45, 7) is 3.31. The van der Waals surface area contributed by atoms with Crippen molar-refractivity contribution >= 4 is 40.0 Å². The van der Waals surface area contributed by atoms with Crippen molar-refractivity contribution in [2.75, 3.05) is 50.6 Å². The SMILES string of the molecule is CN(C)C(=O)[C@@H]1[C@H](Nc2c(Cl)cnc3nc(-c4ccc(N5CCOCC5)cc4)[nH]c23)[C@@H]2C=C[C@@H]1C2. The summed E-state index contributed by atoms with van der Waals surface area (Å²) >= 11 is 6.63. The van der Waals surface area contributed by atoms with E-state index in [4.69, 9.17) is 21.3 Å². The lowest BCUT2D eigenvalue weighted by molar-refractivity contribution is -0.133. The van der Waals surface area contributed by atoms with Crippen LogP contribution in [0, 0.1) is 17.8 Å². The Kier molecular flexibility index (Phi) is 5.65. The summed E-state index contributed by atoms with van der Waals surface area (Å²) in [5.41, 5.74) is 4.26. The van der Waals surface area contributed by atoms with Crippen LogP contribution in [0.25, 0.3) is 22.6 Å². The van der Waals surface area contributed by atoms with Crippen LogP contribution >= 0.6 is 11.6 Å². The van der Waals surface area contributed by atoms with Gasteiger partial charge in [0.1, 0.15) is 11.3 Å². The summed E-state index contributed by atoms with van der Waals surface area (Å²) < 4.78 is 5.46. The van der Waals surface area contributed by atoms with Crippen LogP contribution < -0.4 is 10.2 Å². The Morgan fingerprint density at radius 3 is 2.66 bits per heavy atom. The van der Waals surface area contributed by atoms with E-state index in [2.05, 4.69) is 56.6 Å². The monoisotopic (exact) mass is 492 g/mol. The third kappa shape index (κ3) is 3.94. The molecule has 3 aromatic rings. The molecule has 1 saturated carbocycles. The highest BCUT2D eigenvalue weighted by Gasteiger charge is 2.49. The normalized spacial score (nSPS) is 25.4. The number of nitrogens with one attached hydrogen (secondary N) is 2. The summed E-state index contributed by atoms with van der Waals surface area (Å²) in [6.07, 6.45) is 7.03. The molecule has 0 radical (unpaired) electrons. The quantitative estimate of drug-likeness (QED) is 0.527. The number of halogens is 1. The molecule has 4 atom stereocenters. The van der Waals surface area contributed by atoms with E-state index in [1.54, 1.807) is 11.1 Å². The van der Waals surface area contributed by atoms with E-state index in [1.165, 1.54) is 5.69 Å². The van der Waals surface area contributed by atoms with Crippen LogP contribution in [0.2, 0.25) is 5.02 Å². The molecule has 0 spiro atoms. The minimum atomic E-state index is -0.116. The number of benzene rings is 1. The fourth-order valence-electron chi connectivity index (χ4n) is 5.68. The number of hydrogen-bond donors (Lipinski definition) is 2. The summed E-state index contributed by atoms with van der Waals surface area (Å²) in [7, 11) is 3.64. The van der Waals surface area contributed by atoms with Gasteiger partial charge in [-0.05, 0) is 42.5 Å². The van der Waals surface area contributed by atoms with Gasteiger partial charge in [0, 0.05) is 44.5 Å². The molecule has 1 amide bonds. The van der Waals surface area contributed by atoms with Crippen LogP contribution in [0.1, 0.15) is 6.42 Å². The third-order valence-corrected chi connectivity index (χ3v) is 7.77. The number of carbonyl (C=O) groups excluding carboxylic acids is 1. The molecular weight excluding hydrogens is 464 g/mol. The number of rotatable bonds is 5. The lowest BCUT2D eigenvalue weighted by Crippen LogP contribution is -2.43. The summed E-state index contributed by atoms with van der Waals surface area (Å²) in [6, 6.07) is 8.36. The number of anilines is 2. The number of fused-ring (bicyclic) bond motifs is 3. The Hall–Kier alpha value is -3.10. The summed E-state index contributed by atoms with van der Waals surface area (Å²) in [5.74, 6) is 1.31. The van der Waals surface area contributed by atoms with Crippen molar-refractivity contribution in [3.63, 3.8) is 0 Å². The number of amides is 1. The first-order chi connectivity index (χ1) is 17.0. The Morgan fingerprint density at radius 2 is 1.91 bits per heavy atom. The van der Waals surface area contributed by atoms with E-state index in [-0.39, 0.29) is 23.8 Å². The van der Waals surface area contributed by atoms with Crippen molar-refractivity contribution in [3.8, 4) is 11.4 Å². The molecule has 182 valence electrons. The van der Waals surface area contributed by atoms with Crippen molar-refractivity contribution in [3.05, 3.63) is 47.6 Å². The second kappa shape index (κ2) is 8.84. The third-order valence-electron chi connectivity index (χ3n) is 7.49. The minimum Gasteiger partial charge on any atom is -0.378 e. The zero-order chi connectivity index (χ0) is 24.1. The Labute approximate surface area is 209 Å². The Morgan fingerprint density at radius 1 is 1.17 bits per heavy atom. The topological polar surface area (TPSA) is 86.4 Å². The molecule has 2 aromatic heterocycles. The molecule has 3 heterocycles. The lowest BCUT2D eigenvalue weighted by Gasteiger charge is -2.31. The number of carbonyl (C=O) groups is 1. The average Bonchev–Trinajstić information content (AvgIpc) is 3.61. The molecular formula is C26H29ClN6O2. The molecule has 9 heteroatoms. The molecule has 2 bridgehead atoms. The highest BCUT2D eigenvalue weighted by molar-refractivity contribution is 6.34. The zero-order valence-electron chi connectivity index (χ0n) is 19.9. The average molecular weight is 493 g/mol. The van der Waals surface area contributed by atoms with Crippen molar-refractivity contribution in [1.29, 1.82) is 0 Å². The van der Waals surface area contributed by atoms with Gasteiger partial charge in [-0.3, -0.25) is 4.79 Å². The molecule has 6 rings (SSSR count). The van der Waals surface area contributed by atoms with E-state index in [1.807, 2.05) is 14.1 Å². The lowest BCUT2D eigenvalue weighted by atomic mass is 9.87. The molecule has 1 aliphatic heterocycles. The maximum atomic E-state index is 13.0. The van der Waals surface area contributed by atoms with E-state index >= 15 is 0 Å². The van der Waals surface area contributed by atoms with Gasteiger partial charge in [0.15, 0.2) is 5.65 Å². The second-order valence-electron chi connectivity index (χ2n) is 9.79. The number of aromatic amines is 1. The first kappa shape index (κ1) is 22.4. The molecule has 2 aliphatic carbocycles. The van der Waals surface area contributed by atoms with Gasteiger partial charge >= 0.3 is 0 Å². The molecule has 1 saturated heterocycles. The van der Waals surface area contributed by atoms with E-state index in [9.17, 15) is 4.79 Å². The minimum absolute atomic E-state index is 0.0254. The maximum absolute atomic E-state index is 13.0. The summed E-state index contributed by atoms with van der Waals surface area (Å²) in [5, 5.41) is 4.14. The van der Waals surface area contributed by atoms with E-state index in [0.29, 0.717) is 16.6 Å².